The van der Waals surface area contributed by atoms with Crippen molar-refractivity contribution in [1.82, 2.24) is 4.90 Å². The molecule has 2 aromatic carbocycles. The molecule has 0 bridgehead atoms. The fourth-order valence-corrected chi connectivity index (χ4v) is 2.97. The topological polar surface area (TPSA) is 50.8 Å². The van der Waals surface area contributed by atoms with E-state index >= 15 is 0 Å². The van der Waals surface area contributed by atoms with E-state index in [1.54, 1.807) is 0 Å². The van der Waals surface area contributed by atoms with Crippen LogP contribution in [0, 0.1) is 0 Å². The van der Waals surface area contributed by atoms with Crippen LogP contribution in [0.4, 0.5) is 10.5 Å². The molecule has 0 aliphatic carbocycles. The monoisotopic (exact) mass is 340 g/mol. The van der Waals surface area contributed by atoms with Crippen LogP contribution in [0.1, 0.15) is 25.0 Å². The van der Waals surface area contributed by atoms with E-state index in [1.807, 2.05) is 55.1 Å². The van der Waals surface area contributed by atoms with Crippen molar-refractivity contribution >= 4 is 11.7 Å². The lowest BCUT2D eigenvalue weighted by molar-refractivity contribution is 0.206. The average molecular weight is 340 g/mol. The maximum absolute atomic E-state index is 12.6. The molecule has 1 aliphatic heterocycles. The fourth-order valence-electron chi connectivity index (χ4n) is 2.97. The highest BCUT2D eigenvalue weighted by Crippen LogP contribution is 2.24. The summed E-state index contributed by atoms with van der Waals surface area (Å²) in [6.45, 7) is 6.49. The first-order valence-electron chi connectivity index (χ1n) is 8.73. The van der Waals surface area contributed by atoms with Crippen LogP contribution in [0.2, 0.25) is 0 Å². The van der Waals surface area contributed by atoms with Gasteiger partial charge in [0.15, 0.2) is 0 Å². The van der Waals surface area contributed by atoms with E-state index in [-0.39, 0.29) is 6.03 Å². The van der Waals surface area contributed by atoms with Crippen LogP contribution in [0.5, 0.6) is 11.5 Å². The largest absolute Gasteiger partial charge is 0.494 e. The molecule has 2 aromatic rings. The van der Waals surface area contributed by atoms with Gasteiger partial charge in [-0.15, -0.1) is 0 Å². The van der Waals surface area contributed by atoms with Gasteiger partial charge in [0, 0.05) is 18.8 Å². The molecule has 1 N–H and O–H groups in total. The van der Waals surface area contributed by atoms with E-state index in [1.165, 1.54) is 5.56 Å². The Morgan fingerprint density at radius 1 is 1.00 bits per heavy atom. The summed E-state index contributed by atoms with van der Waals surface area (Å²) in [4.78, 5) is 14.4. The van der Waals surface area contributed by atoms with Crippen LogP contribution in [0.15, 0.2) is 42.5 Å². The first-order chi connectivity index (χ1) is 12.2. The lowest BCUT2D eigenvalue weighted by Gasteiger charge is -2.29. The maximum Gasteiger partial charge on any atom is 0.322 e. The highest BCUT2D eigenvalue weighted by molar-refractivity contribution is 5.89. The SMILES string of the molecule is CCOc1ccc(NC(=O)N2CCc3ccc(OCC)cc3C2)cc1. The lowest BCUT2D eigenvalue weighted by Crippen LogP contribution is -2.38. The number of rotatable bonds is 5. The van der Waals surface area contributed by atoms with E-state index in [4.69, 9.17) is 9.47 Å². The molecule has 1 aliphatic rings. The quantitative estimate of drug-likeness (QED) is 0.892. The normalized spacial score (nSPS) is 13.1. The number of amides is 2. The predicted molar refractivity (Wildman–Crippen MR) is 98.4 cm³/mol. The number of hydrogen-bond acceptors (Lipinski definition) is 3. The number of carbonyl (C=O) groups excluding carboxylic acids is 1. The van der Waals surface area contributed by atoms with E-state index in [2.05, 4.69) is 11.4 Å². The number of benzene rings is 2. The van der Waals surface area contributed by atoms with E-state index in [0.29, 0.717) is 26.3 Å². The molecular formula is C20H24N2O3. The molecule has 5 nitrogen and oxygen atoms in total. The van der Waals surface area contributed by atoms with Gasteiger partial charge in [-0.3, -0.25) is 0 Å². The Morgan fingerprint density at radius 3 is 2.40 bits per heavy atom. The van der Waals surface area contributed by atoms with Gasteiger partial charge >= 0.3 is 6.03 Å². The third kappa shape index (κ3) is 4.24. The van der Waals surface area contributed by atoms with Gasteiger partial charge in [0.25, 0.3) is 0 Å². The van der Waals surface area contributed by atoms with Gasteiger partial charge in [-0.25, -0.2) is 4.79 Å². The number of nitrogens with one attached hydrogen (secondary N) is 1. The van der Waals surface area contributed by atoms with Crippen LogP contribution in [0.3, 0.4) is 0 Å². The number of carbonyl (C=O) groups is 1. The second-order valence-electron chi connectivity index (χ2n) is 5.92. The van der Waals surface area contributed by atoms with Crippen molar-refractivity contribution in [2.24, 2.45) is 0 Å². The zero-order valence-corrected chi connectivity index (χ0v) is 14.7. The van der Waals surface area contributed by atoms with Gasteiger partial charge in [-0.05, 0) is 67.8 Å². The Labute approximate surface area is 148 Å². The van der Waals surface area contributed by atoms with Crippen molar-refractivity contribution < 1.29 is 14.3 Å². The van der Waals surface area contributed by atoms with Crippen LogP contribution in [-0.4, -0.2) is 30.7 Å². The van der Waals surface area contributed by atoms with Crippen molar-refractivity contribution in [1.29, 1.82) is 0 Å². The Hall–Kier alpha value is -2.69. The number of urea groups is 1. The zero-order valence-electron chi connectivity index (χ0n) is 14.7. The van der Waals surface area contributed by atoms with Gasteiger partial charge in [0.05, 0.1) is 13.2 Å². The molecule has 5 heteroatoms. The molecule has 0 saturated carbocycles. The highest BCUT2D eigenvalue weighted by Gasteiger charge is 2.21. The molecule has 0 aromatic heterocycles. The Kier molecular flexibility index (Phi) is 5.43. The highest BCUT2D eigenvalue weighted by atomic mass is 16.5. The molecule has 3 rings (SSSR count). The zero-order chi connectivity index (χ0) is 17.6. The van der Waals surface area contributed by atoms with Gasteiger partial charge in [-0.2, -0.15) is 0 Å². The Morgan fingerprint density at radius 2 is 1.68 bits per heavy atom. The molecule has 132 valence electrons. The minimum absolute atomic E-state index is 0.0865. The van der Waals surface area contributed by atoms with E-state index in [0.717, 1.165) is 29.2 Å². The Balaban J connectivity index is 1.64. The number of hydrogen-bond donors (Lipinski definition) is 1. The molecule has 0 fully saturated rings. The van der Waals surface area contributed by atoms with E-state index in [9.17, 15) is 4.79 Å². The number of fused-ring (bicyclic) bond motifs is 1. The first-order valence-corrected chi connectivity index (χ1v) is 8.73. The summed E-state index contributed by atoms with van der Waals surface area (Å²) >= 11 is 0. The molecule has 1 heterocycles. The van der Waals surface area contributed by atoms with Crippen LogP contribution >= 0.6 is 0 Å². The van der Waals surface area contributed by atoms with Gasteiger partial charge in [0.1, 0.15) is 11.5 Å². The van der Waals surface area contributed by atoms with Gasteiger partial charge in [0.2, 0.25) is 0 Å². The summed E-state index contributed by atoms with van der Waals surface area (Å²) in [6, 6.07) is 13.5. The molecule has 0 atom stereocenters. The van der Waals surface area contributed by atoms with Crippen LogP contribution in [0.25, 0.3) is 0 Å². The number of anilines is 1. The lowest BCUT2D eigenvalue weighted by atomic mass is 10.00. The second kappa shape index (κ2) is 7.92. The van der Waals surface area contributed by atoms with Crippen molar-refractivity contribution in [2.75, 3.05) is 25.1 Å². The predicted octanol–water partition coefficient (Wildman–Crippen LogP) is 4.07. The third-order valence-electron chi connectivity index (χ3n) is 4.20. The minimum Gasteiger partial charge on any atom is -0.494 e. The summed E-state index contributed by atoms with van der Waals surface area (Å²) in [5.74, 6) is 1.66. The van der Waals surface area contributed by atoms with Crippen LogP contribution < -0.4 is 14.8 Å². The molecule has 2 amide bonds. The summed E-state index contributed by atoms with van der Waals surface area (Å²) in [5, 5.41) is 2.95. The molecule has 0 saturated heterocycles. The third-order valence-corrected chi connectivity index (χ3v) is 4.20. The second-order valence-corrected chi connectivity index (χ2v) is 5.92. The maximum atomic E-state index is 12.6. The summed E-state index contributed by atoms with van der Waals surface area (Å²) in [5.41, 5.74) is 3.20. The van der Waals surface area contributed by atoms with Crippen molar-refractivity contribution in [3.63, 3.8) is 0 Å². The smallest absolute Gasteiger partial charge is 0.322 e. The molecular weight excluding hydrogens is 316 g/mol. The summed E-state index contributed by atoms with van der Waals surface area (Å²) < 4.78 is 11.0. The first kappa shape index (κ1) is 17.1. The van der Waals surface area contributed by atoms with Gasteiger partial charge in [-0.1, -0.05) is 6.07 Å². The van der Waals surface area contributed by atoms with Crippen molar-refractivity contribution in [2.45, 2.75) is 26.8 Å². The molecule has 0 radical (unpaired) electrons. The van der Waals surface area contributed by atoms with Crippen LogP contribution in [-0.2, 0) is 13.0 Å². The number of ether oxygens (including phenoxy) is 2. The van der Waals surface area contributed by atoms with Crippen molar-refractivity contribution in [3.05, 3.63) is 53.6 Å². The fraction of sp³-hybridized carbons (Fsp3) is 0.350. The summed E-state index contributed by atoms with van der Waals surface area (Å²) in [7, 11) is 0. The minimum atomic E-state index is -0.0865. The number of nitrogens with zero attached hydrogens (tertiary/aromatic N) is 1. The molecule has 25 heavy (non-hydrogen) atoms. The van der Waals surface area contributed by atoms with E-state index < -0.39 is 0 Å². The molecule has 0 spiro atoms. The standard InChI is InChI=1S/C20H24N2O3/c1-3-24-18-9-6-17(7-10-18)21-20(23)22-12-11-15-5-8-19(25-4-2)13-16(15)14-22/h5-10,13H,3-4,11-12,14H2,1-2H3,(H,21,23). The summed E-state index contributed by atoms with van der Waals surface area (Å²) in [6.07, 6.45) is 0.860. The average Bonchev–Trinajstić information content (AvgIpc) is 2.63. The van der Waals surface area contributed by atoms with Crippen molar-refractivity contribution in [3.8, 4) is 11.5 Å². The Bertz CT molecular complexity index is 728. The molecule has 0 unspecified atom stereocenters. The van der Waals surface area contributed by atoms with Gasteiger partial charge < -0.3 is 19.7 Å².